The van der Waals surface area contributed by atoms with Crippen LogP contribution in [0.15, 0.2) is 53.3 Å². The summed E-state index contributed by atoms with van der Waals surface area (Å²) in [6.07, 6.45) is 0. The maximum absolute atomic E-state index is 12.4. The van der Waals surface area contributed by atoms with Crippen LogP contribution in [0.4, 0.5) is 0 Å². The van der Waals surface area contributed by atoms with Crippen LogP contribution < -0.4 is 29.8 Å². The van der Waals surface area contributed by atoms with Crippen LogP contribution in [0.5, 0.6) is 23.0 Å². The minimum Gasteiger partial charge on any atom is -0.454 e. The van der Waals surface area contributed by atoms with Gasteiger partial charge in [0.1, 0.15) is 6.54 Å². The van der Waals surface area contributed by atoms with Gasteiger partial charge in [0.25, 0.3) is 5.56 Å². The smallest absolute Gasteiger partial charge is 0.267 e. The van der Waals surface area contributed by atoms with Gasteiger partial charge in [0.05, 0.1) is 5.69 Å². The topological polar surface area (TPSA) is 101 Å². The molecule has 0 atom stereocenters. The van der Waals surface area contributed by atoms with E-state index in [1.165, 1.54) is 6.07 Å². The Morgan fingerprint density at radius 1 is 0.900 bits per heavy atom. The van der Waals surface area contributed by atoms with Gasteiger partial charge in [-0.1, -0.05) is 6.07 Å². The van der Waals surface area contributed by atoms with Crippen molar-refractivity contribution in [1.82, 2.24) is 15.1 Å². The highest BCUT2D eigenvalue weighted by molar-refractivity contribution is 5.75. The highest BCUT2D eigenvalue weighted by atomic mass is 16.7. The molecule has 0 bridgehead atoms. The molecule has 0 saturated heterocycles. The Morgan fingerprint density at radius 3 is 2.40 bits per heavy atom. The number of amides is 1. The lowest BCUT2D eigenvalue weighted by atomic mass is 10.1. The zero-order chi connectivity index (χ0) is 20.5. The molecule has 3 heterocycles. The Kier molecular flexibility index (Phi) is 4.47. The number of fused-ring (bicyclic) bond motifs is 2. The Balaban J connectivity index is 1.28. The summed E-state index contributed by atoms with van der Waals surface area (Å²) in [5.41, 5.74) is 1.81. The number of benzene rings is 2. The number of rotatable bonds is 5. The van der Waals surface area contributed by atoms with Gasteiger partial charge in [-0.05, 0) is 42.0 Å². The average molecular weight is 407 g/mol. The van der Waals surface area contributed by atoms with E-state index in [1.54, 1.807) is 24.3 Å². The Hall–Kier alpha value is -4.01. The second kappa shape index (κ2) is 7.43. The van der Waals surface area contributed by atoms with E-state index < -0.39 is 0 Å². The van der Waals surface area contributed by atoms with Crippen LogP contribution in [-0.2, 0) is 17.9 Å². The molecule has 1 amide bonds. The van der Waals surface area contributed by atoms with Crippen LogP contribution in [0.25, 0.3) is 11.3 Å². The highest BCUT2D eigenvalue weighted by Gasteiger charge is 2.16. The van der Waals surface area contributed by atoms with Gasteiger partial charge in [-0.15, -0.1) is 0 Å². The van der Waals surface area contributed by atoms with E-state index in [4.69, 9.17) is 18.9 Å². The summed E-state index contributed by atoms with van der Waals surface area (Å²) in [7, 11) is 0. The van der Waals surface area contributed by atoms with E-state index in [-0.39, 0.29) is 31.6 Å². The van der Waals surface area contributed by atoms with Crippen LogP contribution in [0, 0.1) is 0 Å². The van der Waals surface area contributed by atoms with Crippen LogP contribution in [-0.4, -0.2) is 29.3 Å². The van der Waals surface area contributed by atoms with Gasteiger partial charge in [-0.3, -0.25) is 9.59 Å². The quantitative estimate of drug-likeness (QED) is 0.687. The minimum absolute atomic E-state index is 0.176. The highest BCUT2D eigenvalue weighted by Crippen LogP contribution is 2.35. The van der Waals surface area contributed by atoms with Crippen molar-refractivity contribution in [3.8, 4) is 34.3 Å². The largest absolute Gasteiger partial charge is 0.454 e. The molecule has 2 aliphatic rings. The maximum atomic E-state index is 12.4. The molecule has 0 spiro atoms. The molecular weight excluding hydrogens is 390 g/mol. The van der Waals surface area contributed by atoms with E-state index in [1.807, 2.05) is 18.2 Å². The molecule has 2 aliphatic heterocycles. The molecule has 30 heavy (non-hydrogen) atoms. The first-order valence-corrected chi connectivity index (χ1v) is 9.29. The first-order valence-electron chi connectivity index (χ1n) is 9.29. The van der Waals surface area contributed by atoms with Gasteiger partial charge < -0.3 is 24.3 Å². The van der Waals surface area contributed by atoms with Gasteiger partial charge in [-0.25, -0.2) is 4.68 Å². The van der Waals surface area contributed by atoms with Crippen molar-refractivity contribution in [3.63, 3.8) is 0 Å². The molecule has 152 valence electrons. The zero-order valence-corrected chi connectivity index (χ0v) is 15.8. The number of ether oxygens (including phenoxy) is 4. The number of aromatic nitrogens is 2. The number of hydrogen-bond acceptors (Lipinski definition) is 7. The molecule has 1 N–H and O–H groups in total. The van der Waals surface area contributed by atoms with Gasteiger partial charge in [-0.2, -0.15) is 5.10 Å². The molecule has 0 fully saturated rings. The monoisotopic (exact) mass is 407 g/mol. The summed E-state index contributed by atoms with van der Waals surface area (Å²) in [6.45, 7) is 0.475. The second-order valence-corrected chi connectivity index (χ2v) is 6.75. The van der Waals surface area contributed by atoms with E-state index >= 15 is 0 Å². The van der Waals surface area contributed by atoms with E-state index in [2.05, 4.69) is 10.4 Å². The molecule has 0 aliphatic carbocycles. The first kappa shape index (κ1) is 18.0. The number of carbonyl (C=O) groups is 1. The molecule has 1 aromatic heterocycles. The van der Waals surface area contributed by atoms with E-state index in [0.717, 1.165) is 15.8 Å². The summed E-state index contributed by atoms with van der Waals surface area (Å²) in [4.78, 5) is 24.5. The van der Waals surface area contributed by atoms with Crippen molar-refractivity contribution >= 4 is 5.91 Å². The van der Waals surface area contributed by atoms with Crippen LogP contribution >= 0.6 is 0 Å². The fourth-order valence-corrected chi connectivity index (χ4v) is 3.22. The predicted molar refractivity (Wildman–Crippen MR) is 104 cm³/mol. The van der Waals surface area contributed by atoms with Crippen LogP contribution in [0.2, 0.25) is 0 Å². The average Bonchev–Trinajstić information content (AvgIpc) is 3.42. The molecule has 0 saturated carbocycles. The molecule has 9 nitrogen and oxygen atoms in total. The summed E-state index contributed by atoms with van der Waals surface area (Å²) >= 11 is 0. The lowest BCUT2D eigenvalue weighted by molar-refractivity contribution is -0.122. The fraction of sp³-hybridized carbons (Fsp3) is 0.190. The Bertz CT molecular complexity index is 1190. The lowest BCUT2D eigenvalue weighted by Crippen LogP contribution is -2.33. The van der Waals surface area contributed by atoms with Gasteiger partial charge in [0.2, 0.25) is 19.5 Å². The normalized spacial score (nSPS) is 13.3. The zero-order valence-electron chi connectivity index (χ0n) is 15.8. The molecule has 0 unspecified atom stereocenters. The third-order valence-corrected chi connectivity index (χ3v) is 4.75. The molecular formula is C21H17N3O6. The summed E-state index contributed by atoms with van der Waals surface area (Å²) in [6, 6.07) is 13.9. The van der Waals surface area contributed by atoms with E-state index in [9.17, 15) is 9.59 Å². The third kappa shape index (κ3) is 3.52. The standard InChI is InChI=1S/C21H17N3O6/c25-20(22-9-13-1-4-16-18(7-13)29-11-27-16)10-24-21(26)6-3-15(23-24)14-2-5-17-19(8-14)30-12-28-17/h1-8H,9-12H2,(H,22,25). The number of nitrogens with zero attached hydrogens (tertiary/aromatic N) is 2. The SMILES string of the molecule is O=C(Cn1nc(-c2ccc3c(c2)OCO3)ccc1=O)NCc1ccc2c(c1)OCO2. The summed E-state index contributed by atoms with van der Waals surface area (Å²) in [5, 5.41) is 7.11. The molecule has 9 heteroatoms. The third-order valence-electron chi connectivity index (χ3n) is 4.75. The van der Waals surface area contributed by atoms with Crippen LogP contribution in [0.3, 0.4) is 0 Å². The van der Waals surface area contributed by atoms with Crippen molar-refractivity contribution in [2.24, 2.45) is 0 Å². The Morgan fingerprint density at radius 2 is 1.60 bits per heavy atom. The molecule has 0 radical (unpaired) electrons. The fourth-order valence-electron chi connectivity index (χ4n) is 3.22. The maximum Gasteiger partial charge on any atom is 0.267 e. The van der Waals surface area contributed by atoms with Crippen molar-refractivity contribution in [1.29, 1.82) is 0 Å². The predicted octanol–water partition coefficient (Wildman–Crippen LogP) is 1.68. The van der Waals surface area contributed by atoms with Crippen LogP contribution in [0.1, 0.15) is 5.56 Å². The van der Waals surface area contributed by atoms with Crippen molar-refractivity contribution < 1.29 is 23.7 Å². The summed E-state index contributed by atoms with van der Waals surface area (Å²) in [5.74, 6) is 2.28. The lowest BCUT2D eigenvalue weighted by Gasteiger charge is -2.09. The van der Waals surface area contributed by atoms with E-state index in [0.29, 0.717) is 35.2 Å². The van der Waals surface area contributed by atoms with Crippen molar-refractivity contribution in [2.45, 2.75) is 13.1 Å². The number of carbonyl (C=O) groups excluding carboxylic acids is 1. The molecule has 3 aromatic rings. The van der Waals surface area contributed by atoms with Crippen molar-refractivity contribution in [2.75, 3.05) is 13.6 Å². The molecule has 5 rings (SSSR count). The second-order valence-electron chi connectivity index (χ2n) is 6.75. The number of hydrogen-bond donors (Lipinski definition) is 1. The number of nitrogens with one attached hydrogen (secondary N) is 1. The first-order chi connectivity index (χ1) is 14.7. The minimum atomic E-state index is -0.363. The Labute approximate surface area is 170 Å². The van der Waals surface area contributed by atoms with Gasteiger partial charge in [0.15, 0.2) is 23.0 Å². The van der Waals surface area contributed by atoms with Gasteiger partial charge in [0, 0.05) is 18.2 Å². The van der Waals surface area contributed by atoms with Gasteiger partial charge >= 0.3 is 0 Å². The summed E-state index contributed by atoms with van der Waals surface area (Å²) < 4.78 is 22.4. The molecule has 2 aromatic carbocycles. The van der Waals surface area contributed by atoms with Crippen molar-refractivity contribution in [3.05, 3.63) is 64.4 Å².